The molecule has 0 radical (unpaired) electrons. The van der Waals surface area contributed by atoms with Crippen LogP contribution in [0.1, 0.15) is 32.1 Å². The normalized spacial score (nSPS) is 20.8. The monoisotopic (exact) mass is 380 g/mol. The quantitative estimate of drug-likeness (QED) is 0.809. The third-order valence-corrected chi connectivity index (χ3v) is 6.96. The molecular formula is C18H28N4O3S. The molecule has 1 aromatic carbocycles. The zero-order valence-electron chi connectivity index (χ0n) is 15.3. The van der Waals surface area contributed by atoms with Crippen LogP contribution in [-0.4, -0.2) is 58.0 Å². The molecule has 8 heteroatoms. The molecule has 1 amide bonds. The van der Waals surface area contributed by atoms with Crippen molar-refractivity contribution in [2.24, 2.45) is 5.73 Å². The van der Waals surface area contributed by atoms with Gasteiger partial charge in [0.05, 0.1) is 11.2 Å². The van der Waals surface area contributed by atoms with E-state index in [-0.39, 0.29) is 10.8 Å². The highest BCUT2D eigenvalue weighted by Crippen LogP contribution is 2.29. The van der Waals surface area contributed by atoms with Gasteiger partial charge in [0.15, 0.2) is 0 Å². The molecule has 144 valence electrons. The smallest absolute Gasteiger partial charge is 0.242 e. The van der Waals surface area contributed by atoms with Gasteiger partial charge in [0, 0.05) is 26.2 Å². The predicted molar refractivity (Wildman–Crippen MR) is 101 cm³/mol. The van der Waals surface area contributed by atoms with E-state index in [1.54, 1.807) is 12.1 Å². The third-order valence-electron chi connectivity index (χ3n) is 5.50. The Morgan fingerprint density at radius 1 is 1.08 bits per heavy atom. The molecule has 1 saturated carbocycles. The highest BCUT2D eigenvalue weighted by atomic mass is 32.2. The lowest BCUT2D eigenvalue weighted by atomic mass is 9.81. The summed E-state index contributed by atoms with van der Waals surface area (Å²) in [5, 5.41) is 0. The van der Waals surface area contributed by atoms with E-state index in [0.717, 1.165) is 32.1 Å². The minimum atomic E-state index is -3.53. The highest BCUT2D eigenvalue weighted by Gasteiger charge is 2.39. The van der Waals surface area contributed by atoms with Gasteiger partial charge in [-0.2, -0.15) is 0 Å². The molecule has 0 aromatic heterocycles. The number of piperazine rings is 1. The van der Waals surface area contributed by atoms with Gasteiger partial charge in [0.25, 0.3) is 0 Å². The predicted octanol–water partition coefficient (Wildman–Crippen LogP) is 0.905. The molecule has 1 aliphatic carbocycles. The van der Waals surface area contributed by atoms with Gasteiger partial charge < -0.3 is 15.5 Å². The first-order valence-electron chi connectivity index (χ1n) is 9.23. The number of nitrogens with two attached hydrogens (primary N) is 1. The molecule has 1 aromatic rings. The van der Waals surface area contributed by atoms with Gasteiger partial charge in [0.2, 0.25) is 15.9 Å². The van der Waals surface area contributed by atoms with Crippen LogP contribution >= 0.6 is 0 Å². The fourth-order valence-corrected chi connectivity index (χ4v) is 4.87. The van der Waals surface area contributed by atoms with Gasteiger partial charge in [-0.25, -0.2) is 13.1 Å². The largest absolute Gasteiger partial charge is 0.367 e. The van der Waals surface area contributed by atoms with E-state index < -0.39 is 15.6 Å². The van der Waals surface area contributed by atoms with Crippen molar-refractivity contribution in [2.75, 3.05) is 38.1 Å². The van der Waals surface area contributed by atoms with Crippen molar-refractivity contribution in [1.82, 2.24) is 9.62 Å². The van der Waals surface area contributed by atoms with E-state index in [9.17, 15) is 13.2 Å². The molecule has 2 fully saturated rings. The Balaban J connectivity index is 1.71. The number of rotatable bonds is 4. The Morgan fingerprint density at radius 2 is 1.69 bits per heavy atom. The molecule has 26 heavy (non-hydrogen) atoms. The molecule has 3 rings (SSSR count). The molecule has 0 atom stereocenters. The van der Waals surface area contributed by atoms with E-state index in [1.807, 2.05) is 21.9 Å². The molecule has 1 aliphatic heterocycles. The Bertz CT molecular complexity index is 751. The highest BCUT2D eigenvalue weighted by molar-refractivity contribution is 7.89. The Hall–Kier alpha value is -1.64. The summed E-state index contributed by atoms with van der Waals surface area (Å²) in [4.78, 5) is 17.0. The van der Waals surface area contributed by atoms with E-state index in [2.05, 4.69) is 4.72 Å². The first kappa shape index (κ1) is 19.1. The van der Waals surface area contributed by atoms with Crippen LogP contribution in [0.15, 0.2) is 29.2 Å². The summed E-state index contributed by atoms with van der Waals surface area (Å²) < 4.78 is 26.9. The second-order valence-electron chi connectivity index (χ2n) is 7.17. The second-order valence-corrected chi connectivity index (χ2v) is 9.03. The van der Waals surface area contributed by atoms with Gasteiger partial charge in [-0.15, -0.1) is 0 Å². The maximum absolute atomic E-state index is 12.9. The molecule has 1 saturated heterocycles. The molecule has 7 nitrogen and oxygen atoms in total. The van der Waals surface area contributed by atoms with Gasteiger partial charge in [-0.3, -0.25) is 4.79 Å². The number of amides is 1. The molecule has 0 spiro atoms. The number of hydrogen-bond acceptors (Lipinski definition) is 5. The number of para-hydroxylation sites is 1. The standard InChI is InChI=1S/C18H28N4O3S/c1-20-26(24,25)16-8-4-3-7-15(16)21-11-13-22(14-12-21)17(23)18(19)9-5-2-6-10-18/h3-4,7-8,20H,2,5-6,9-14,19H2,1H3. The van der Waals surface area contributed by atoms with E-state index >= 15 is 0 Å². The Kier molecular flexibility index (Phi) is 5.55. The van der Waals surface area contributed by atoms with Crippen LogP contribution < -0.4 is 15.4 Å². The van der Waals surface area contributed by atoms with Crippen molar-refractivity contribution in [3.63, 3.8) is 0 Å². The van der Waals surface area contributed by atoms with Crippen LogP contribution in [0.5, 0.6) is 0 Å². The van der Waals surface area contributed by atoms with Gasteiger partial charge in [0.1, 0.15) is 4.90 Å². The zero-order valence-corrected chi connectivity index (χ0v) is 16.1. The summed E-state index contributed by atoms with van der Waals surface area (Å²) in [5.74, 6) is 0.0491. The molecule has 0 unspecified atom stereocenters. The lowest BCUT2D eigenvalue weighted by molar-refractivity contribution is -0.138. The second kappa shape index (κ2) is 7.54. The maximum atomic E-state index is 12.9. The summed E-state index contributed by atoms with van der Waals surface area (Å²) >= 11 is 0. The summed E-state index contributed by atoms with van der Waals surface area (Å²) in [6.45, 7) is 2.31. The lowest BCUT2D eigenvalue weighted by Crippen LogP contribution is -2.60. The van der Waals surface area contributed by atoms with Gasteiger partial charge >= 0.3 is 0 Å². The maximum Gasteiger partial charge on any atom is 0.242 e. The molecule has 2 aliphatic rings. The zero-order chi connectivity index (χ0) is 18.8. The van der Waals surface area contributed by atoms with Crippen molar-refractivity contribution in [1.29, 1.82) is 0 Å². The summed E-state index contributed by atoms with van der Waals surface area (Å²) in [7, 11) is -2.12. The number of anilines is 1. The summed E-state index contributed by atoms with van der Waals surface area (Å²) in [5.41, 5.74) is 6.35. The number of nitrogens with zero attached hydrogens (tertiary/aromatic N) is 2. The lowest BCUT2D eigenvalue weighted by Gasteiger charge is -2.41. The summed E-state index contributed by atoms with van der Waals surface area (Å²) in [6.07, 6.45) is 4.69. The number of carbonyl (C=O) groups is 1. The molecule has 3 N–H and O–H groups in total. The van der Waals surface area contributed by atoms with Crippen LogP contribution in [-0.2, 0) is 14.8 Å². The number of sulfonamides is 1. The minimum absolute atomic E-state index is 0.0491. The fourth-order valence-electron chi connectivity index (χ4n) is 3.92. The fraction of sp³-hybridized carbons (Fsp3) is 0.611. The van der Waals surface area contributed by atoms with Crippen LogP contribution in [0.2, 0.25) is 0 Å². The van der Waals surface area contributed by atoms with Crippen LogP contribution in [0.3, 0.4) is 0 Å². The van der Waals surface area contributed by atoms with Crippen molar-refractivity contribution >= 4 is 21.6 Å². The van der Waals surface area contributed by atoms with Gasteiger partial charge in [-0.05, 0) is 32.0 Å². The number of benzene rings is 1. The van der Waals surface area contributed by atoms with Crippen LogP contribution in [0.25, 0.3) is 0 Å². The number of carbonyl (C=O) groups excluding carboxylic acids is 1. The molecule has 0 bridgehead atoms. The van der Waals surface area contributed by atoms with Crippen molar-refractivity contribution in [2.45, 2.75) is 42.5 Å². The van der Waals surface area contributed by atoms with Crippen molar-refractivity contribution in [3.8, 4) is 0 Å². The number of nitrogens with one attached hydrogen (secondary N) is 1. The average molecular weight is 381 g/mol. The van der Waals surface area contributed by atoms with Gasteiger partial charge in [-0.1, -0.05) is 31.4 Å². The van der Waals surface area contributed by atoms with E-state index in [0.29, 0.717) is 31.9 Å². The Morgan fingerprint density at radius 3 is 2.31 bits per heavy atom. The summed E-state index contributed by atoms with van der Waals surface area (Å²) in [6, 6.07) is 6.97. The molecule has 1 heterocycles. The van der Waals surface area contributed by atoms with E-state index in [1.165, 1.54) is 7.05 Å². The van der Waals surface area contributed by atoms with Crippen molar-refractivity contribution < 1.29 is 13.2 Å². The topological polar surface area (TPSA) is 95.7 Å². The first-order chi connectivity index (χ1) is 12.4. The third kappa shape index (κ3) is 3.72. The van der Waals surface area contributed by atoms with E-state index in [4.69, 9.17) is 5.73 Å². The van der Waals surface area contributed by atoms with Crippen LogP contribution in [0.4, 0.5) is 5.69 Å². The Labute approximate surface area is 155 Å². The average Bonchev–Trinajstić information content (AvgIpc) is 2.68. The molecular weight excluding hydrogens is 352 g/mol. The minimum Gasteiger partial charge on any atom is -0.367 e. The van der Waals surface area contributed by atoms with Crippen molar-refractivity contribution in [3.05, 3.63) is 24.3 Å². The SMILES string of the molecule is CNS(=O)(=O)c1ccccc1N1CCN(C(=O)C2(N)CCCCC2)CC1. The van der Waals surface area contributed by atoms with Crippen LogP contribution in [0, 0.1) is 0 Å². The number of hydrogen-bond donors (Lipinski definition) is 2. The first-order valence-corrected chi connectivity index (χ1v) is 10.7.